The fourth-order valence-electron chi connectivity index (χ4n) is 2.86. The molecule has 1 fully saturated rings. The highest BCUT2D eigenvalue weighted by molar-refractivity contribution is 6.04. The molecule has 26 heavy (non-hydrogen) atoms. The monoisotopic (exact) mass is 355 g/mol. The Morgan fingerprint density at radius 3 is 2.46 bits per heavy atom. The molecule has 7 heteroatoms. The summed E-state index contributed by atoms with van der Waals surface area (Å²) in [5.41, 5.74) is 0.909. The van der Waals surface area contributed by atoms with Gasteiger partial charge in [-0.2, -0.15) is 0 Å². The molecular formula is C19H21N3O4. The topological polar surface area (TPSA) is 80.8 Å². The highest BCUT2D eigenvalue weighted by Gasteiger charge is 2.21. The third-order valence-electron chi connectivity index (χ3n) is 4.25. The Kier molecular flexibility index (Phi) is 5.36. The molecule has 0 radical (unpaired) electrons. The van der Waals surface area contributed by atoms with Crippen molar-refractivity contribution < 1.29 is 19.1 Å². The molecule has 1 aliphatic heterocycles. The number of hydrogen-bond donors (Lipinski definition) is 1. The highest BCUT2D eigenvalue weighted by Crippen LogP contribution is 2.29. The van der Waals surface area contributed by atoms with Crippen LogP contribution in [-0.2, 0) is 0 Å². The van der Waals surface area contributed by atoms with Crippen molar-refractivity contribution in [1.29, 1.82) is 0 Å². The minimum Gasteiger partial charge on any atom is -0.497 e. The van der Waals surface area contributed by atoms with Gasteiger partial charge in [0.25, 0.3) is 11.8 Å². The van der Waals surface area contributed by atoms with Crippen LogP contribution in [0.5, 0.6) is 11.5 Å². The summed E-state index contributed by atoms with van der Waals surface area (Å²) in [5, 5.41) is 2.76. The van der Waals surface area contributed by atoms with Crippen molar-refractivity contribution in [1.82, 2.24) is 9.88 Å². The van der Waals surface area contributed by atoms with Gasteiger partial charge >= 0.3 is 0 Å². The van der Waals surface area contributed by atoms with Crippen LogP contribution in [-0.4, -0.2) is 49.0 Å². The maximum atomic E-state index is 12.6. The van der Waals surface area contributed by atoms with Gasteiger partial charge in [0.2, 0.25) is 0 Å². The number of pyridine rings is 1. The fraction of sp³-hybridized carbons (Fsp3) is 0.316. The van der Waals surface area contributed by atoms with Crippen LogP contribution in [0.1, 0.15) is 33.8 Å². The van der Waals surface area contributed by atoms with E-state index in [1.165, 1.54) is 7.11 Å². The predicted molar refractivity (Wildman–Crippen MR) is 96.9 cm³/mol. The van der Waals surface area contributed by atoms with Gasteiger partial charge in [0.05, 0.1) is 19.9 Å². The van der Waals surface area contributed by atoms with E-state index >= 15 is 0 Å². The lowest BCUT2D eigenvalue weighted by molar-refractivity contribution is 0.0787. The number of hydrogen-bond acceptors (Lipinski definition) is 5. The van der Waals surface area contributed by atoms with Crippen molar-refractivity contribution in [2.45, 2.75) is 12.8 Å². The number of ether oxygens (including phenoxy) is 2. The number of rotatable bonds is 5. The van der Waals surface area contributed by atoms with Gasteiger partial charge in [-0.25, -0.2) is 4.98 Å². The number of anilines is 1. The molecule has 0 saturated carbocycles. The van der Waals surface area contributed by atoms with Crippen molar-refractivity contribution in [2.75, 3.05) is 32.6 Å². The second kappa shape index (κ2) is 7.86. The Hall–Kier alpha value is -3.09. The van der Waals surface area contributed by atoms with E-state index in [4.69, 9.17) is 9.47 Å². The minimum atomic E-state index is -0.423. The Morgan fingerprint density at radius 1 is 1.04 bits per heavy atom. The Bertz CT molecular complexity index is 816. The van der Waals surface area contributed by atoms with E-state index in [-0.39, 0.29) is 17.3 Å². The first-order valence-electron chi connectivity index (χ1n) is 8.42. The number of benzene rings is 1. The number of nitrogens with one attached hydrogen (secondary N) is 1. The zero-order valence-electron chi connectivity index (χ0n) is 14.8. The van der Waals surface area contributed by atoms with E-state index in [1.54, 1.807) is 48.4 Å². The number of aromatic nitrogens is 1. The predicted octanol–water partition coefficient (Wildman–Crippen LogP) is 2.59. The normalized spacial score (nSPS) is 13.4. The molecule has 2 amide bonds. The molecule has 1 N–H and O–H groups in total. The maximum absolute atomic E-state index is 12.6. The van der Waals surface area contributed by atoms with Crippen molar-refractivity contribution >= 4 is 17.5 Å². The van der Waals surface area contributed by atoms with Gasteiger partial charge < -0.3 is 19.7 Å². The molecule has 1 saturated heterocycles. The maximum Gasteiger partial charge on any atom is 0.274 e. The second-order valence-electron chi connectivity index (χ2n) is 5.93. The molecule has 2 aromatic rings. The van der Waals surface area contributed by atoms with E-state index in [2.05, 4.69) is 10.3 Å². The molecule has 136 valence electrons. The quantitative estimate of drug-likeness (QED) is 0.892. The standard InChI is InChI=1S/C19H21N3O4/c1-25-13-8-9-17(26-2)16(12-13)21-18(23)14-6-5-7-15(20-14)19(24)22-10-3-4-11-22/h5-9,12H,3-4,10-11H2,1-2H3,(H,21,23). The number of methoxy groups -OCH3 is 2. The molecule has 1 aromatic carbocycles. The molecule has 0 aliphatic carbocycles. The Labute approximate surface area is 151 Å². The summed E-state index contributed by atoms with van der Waals surface area (Å²) >= 11 is 0. The van der Waals surface area contributed by atoms with Crippen molar-refractivity contribution in [3.8, 4) is 11.5 Å². The van der Waals surface area contributed by atoms with Crippen LogP contribution in [0.3, 0.4) is 0 Å². The molecule has 7 nitrogen and oxygen atoms in total. The van der Waals surface area contributed by atoms with Gasteiger partial charge in [-0.15, -0.1) is 0 Å². The van der Waals surface area contributed by atoms with Crippen LogP contribution in [0.15, 0.2) is 36.4 Å². The second-order valence-corrected chi connectivity index (χ2v) is 5.93. The number of carbonyl (C=O) groups excluding carboxylic acids is 2. The van der Waals surface area contributed by atoms with E-state index < -0.39 is 5.91 Å². The van der Waals surface area contributed by atoms with E-state index in [1.807, 2.05) is 0 Å². The first-order chi connectivity index (χ1) is 12.6. The molecule has 3 rings (SSSR count). The van der Waals surface area contributed by atoms with Gasteiger partial charge in [0, 0.05) is 19.2 Å². The largest absolute Gasteiger partial charge is 0.497 e. The van der Waals surface area contributed by atoms with E-state index in [0.29, 0.717) is 17.2 Å². The van der Waals surface area contributed by atoms with Gasteiger partial charge in [0.15, 0.2) is 0 Å². The van der Waals surface area contributed by atoms with Crippen LogP contribution >= 0.6 is 0 Å². The first-order valence-corrected chi connectivity index (χ1v) is 8.42. The van der Waals surface area contributed by atoms with E-state index in [0.717, 1.165) is 25.9 Å². The van der Waals surface area contributed by atoms with Gasteiger partial charge in [0.1, 0.15) is 22.9 Å². The minimum absolute atomic E-state index is 0.142. The number of carbonyl (C=O) groups is 2. The molecular weight excluding hydrogens is 334 g/mol. The van der Waals surface area contributed by atoms with Crippen molar-refractivity contribution in [3.63, 3.8) is 0 Å². The van der Waals surface area contributed by atoms with Crippen LogP contribution in [0, 0.1) is 0 Å². The Balaban J connectivity index is 1.80. The zero-order valence-corrected chi connectivity index (χ0v) is 14.8. The molecule has 2 heterocycles. The molecule has 0 unspecified atom stereocenters. The lowest BCUT2D eigenvalue weighted by Crippen LogP contribution is -2.29. The lowest BCUT2D eigenvalue weighted by atomic mass is 10.2. The smallest absolute Gasteiger partial charge is 0.274 e. The van der Waals surface area contributed by atoms with Crippen LogP contribution in [0.25, 0.3) is 0 Å². The third kappa shape index (κ3) is 3.77. The fourth-order valence-corrected chi connectivity index (χ4v) is 2.86. The van der Waals surface area contributed by atoms with Crippen LogP contribution < -0.4 is 14.8 Å². The van der Waals surface area contributed by atoms with Gasteiger partial charge in [-0.3, -0.25) is 9.59 Å². The van der Waals surface area contributed by atoms with E-state index in [9.17, 15) is 9.59 Å². The highest BCUT2D eigenvalue weighted by atomic mass is 16.5. The summed E-state index contributed by atoms with van der Waals surface area (Å²) in [6.07, 6.45) is 2.00. The summed E-state index contributed by atoms with van der Waals surface area (Å²) in [7, 11) is 3.06. The number of likely N-dealkylation sites (tertiary alicyclic amines) is 1. The van der Waals surface area contributed by atoms with Crippen LogP contribution in [0.2, 0.25) is 0 Å². The zero-order chi connectivity index (χ0) is 18.5. The molecule has 0 atom stereocenters. The molecule has 0 bridgehead atoms. The van der Waals surface area contributed by atoms with Gasteiger partial charge in [-0.05, 0) is 37.1 Å². The first kappa shape index (κ1) is 17.7. The number of nitrogens with zero attached hydrogens (tertiary/aromatic N) is 2. The summed E-state index contributed by atoms with van der Waals surface area (Å²) < 4.78 is 10.4. The summed E-state index contributed by atoms with van der Waals surface area (Å²) in [4.78, 5) is 31.0. The summed E-state index contributed by atoms with van der Waals surface area (Å²) in [6.45, 7) is 1.47. The van der Waals surface area contributed by atoms with Gasteiger partial charge in [-0.1, -0.05) is 6.07 Å². The SMILES string of the molecule is COc1ccc(OC)c(NC(=O)c2cccc(C(=O)N3CCCC3)n2)c1. The Morgan fingerprint density at radius 2 is 1.77 bits per heavy atom. The summed E-state index contributed by atoms with van der Waals surface area (Å²) in [6, 6.07) is 9.97. The lowest BCUT2D eigenvalue weighted by Gasteiger charge is -2.15. The average Bonchev–Trinajstić information content (AvgIpc) is 3.22. The summed E-state index contributed by atoms with van der Waals surface area (Å²) in [5.74, 6) is 0.527. The van der Waals surface area contributed by atoms with Crippen LogP contribution in [0.4, 0.5) is 5.69 Å². The molecule has 1 aromatic heterocycles. The molecule has 0 spiro atoms. The molecule has 1 aliphatic rings. The van der Waals surface area contributed by atoms with Crippen molar-refractivity contribution in [2.24, 2.45) is 0 Å². The van der Waals surface area contributed by atoms with Crippen molar-refractivity contribution in [3.05, 3.63) is 47.8 Å². The average molecular weight is 355 g/mol. The number of amides is 2. The third-order valence-corrected chi connectivity index (χ3v) is 4.25.